The Kier molecular flexibility index (Phi) is 6.60. The Morgan fingerprint density at radius 3 is 2.52 bits per heavy atom. The molecule has 2 aliphatic rings. The van der Waals surface area contributed by atoms with E-state index in [4.69, 9.17) is 0 Å². The van der Waals surface area contributed by atoms with E-state index >= 15 is 0 Å². The van der Waals surface area contributed by atoms with Crippen LogP contribution in [-0.4, -0.2) is 50.1 Å². The normalized spacial score (nSPS) is 18.4. The molecule has 1 N–H and O–H groups in total. The van der Waals surface area contributed by atoms with Crippen LogP contribution in [0, 0.1) is 0 Å². The molecule has 0 bridgehead atoms. The van der Waals surface area contributed by atoms with Gasteiger partial charge >= 0.3 is 0 Å². The summed E-state index contributed by atoms with van der Waals surface area (Å²) in [7, 11) is -3.60. The Morgan fingerprint density at radius 2 is 1.84 bits per heavy atom. The van der Waals surface area contributed by atoms with Gasteiger partial charge in [0.05, 0.1) is 21.5 Å². The lowest BCUT2D eigenvalue weighted by Crippen LogP contribution is -2.31. The number of carbonyl (C=O) groups is 1. The zero-order chi connectivity index (χ0) is 22.0. The smallest absolute Gasteiger partial charge is 0.243 e. The van der Waals surface area contributed by atoms with Crippen LogP contribution in [0.3, 0.4) is 0 Å². The van der Waals surface area contributed by atoms with Crippen molar-refractivity contribution in [3.8, 4) is 0 Å². The van der Waals surface area contributed by atoms with Crippen LogP contribution in [0.5, 0.6) is 0 Å². The maximum absolute atomic E-state index is 13.1. The van der Waals surface area contributed by atoms with E-state index in [2.05, 4.69) is 16.3 Å². The van der Waals surface area contributed by atoms with Crippen molar-refractivity contribution >= 4 is 39.1 Å². The number of carbonyl (C=O) groups excluding carboxylic acids is 1. The van der Waals surface area contributed by atoms with E-state index in [9.17, 15) is 13.2 Å². The molecule has 0 spiro atoms. The van der Waals surface area contributed by atoms with Crippen LogP contribution >= 0.6 is 11.8 Å². The molecule has 0 aromatic heterocycles. The predicted octanol–water partition coefficient (Wildman–Crippen LogP) is 3.97. The highest BCUT2D eigenvalue weighted by atomic mass is 32.2. The number of nitrogens with one attached hydrogen (secondary N) is 1. The van der Waals surface area contributed by atoms with Gasteiger partial charge in [0.2, 0.25) is 15.9 Å². The van der Waals surface area contributed by atoms with E-state index < -0.39 is 10.0 Å². The number of fused-ring (bicyclic) bond motifs is 1. The minimum atomic E-state index is -3.60. The van der Waals surface area contributed by atoms with Gasteiger partial charge in [-0.3, -0.25) is 4.79 Å². The van der Waals surface area contributed by atoms with Crippen molar-refractivity contribution in [2.45, 2.75) is 48.2 Å². The van der Waals surface area contributed by atoms with Crippen LogP contribution in [0.4, 0.5) is 11.4 Å². The summed E-state index contributed by atoms with van der Waals surface area (Å²) in [6.45, 7) is 6.30. The Bertz CT molecular complexity index is 1040. The van der Waals surface area contributed by atoms with Crippen molar-refractivity contribution < 1.29 is 13.2 Å². The monoisotopic (exact) mass is 459 g/mol. The number of benzene rings is 2. The van der Waals surface area contributed by atoms with Crippen molar-refractivity contribution in [3.63, 3.8) is 0 Å². The van der Waals surface area contributed by atoms with Crippen molar-refractivity contribution in [1.29, 1.82) is 0 Å². The fraction of sp³-hybridized carbons (Fsp3) is 0.435. The molecule has 0 radical (unpaired) electrons. The van der Waals surface area contributed by atoms with E-state index in [1.807, 2.05) is 38.1 Å². The van der Waals surface area contributed by atoms with Gasteiger partial charge in [0.1, 0.15) is 0 Å². The summed E-state index contributed by atoms with van der Waals surface area (Å²) in [5.74, 6) is -0.0842. The van der Waals surface area contributed by atoms with Gasteiger partial charge in [0, 0.05) is 31.1 Å². The Hall–Kier alpha value is -2.03. The Balaban J connectivity index is 1.63. The fourth-order valence-corrected chi connectivity index (χ4v) is 6.94. The zero-order valence-corrected chi connectivity index (χ0v) is 19.6. The molecule has 1 amide bonds. The largest absolute Gasteiger partial charge is 0.370 e. The molecule has 6 nitrogen and oxygen atoms in total. The minimum Gasteiger partial charge on any atom is -0.370 e. The van der Waals surface area contributed by atoms with Gasteiger partial charge in [-0.1, -0.05) is 32.0 Å². The van der Waals surface area contributed by atoms with Gasteiger partial charge in [-0.15, -0.1) is 11.8 Å². The van der Waals surface area contributed by atoms with Crippen LogP contribution in [-0.2, 0) is 21.2 Å². The SMILES string of the molecule is CCN(CC)S(=O)(=O)c1ccc(N2CCCC2)c(NC(=O)[C@H]2Cc3ccccc3S2)c1. The summed E-state index contributed by atoms with van der Waals surface area (Å²) < 4.78 is 27.6. The van der Waals surface area contributed by atoms with Gasteiger partial charge in [0.15, 0.2) is 0 Å². The second kappa shape index (κ2) is 9.22. The summed E-state index contributed by atoms with van der Waals surface area (Å²) in [5.41, 5.74) is 2.66. The molecular formula is C23H29N3O3S2. The van der Waals surface area contributed by atoms with Crippen LogP contribution in [0.25, 0.3) is 0 Å². The maximum atomic E-state index is 13.1. The highest BCUT2D eigenvalue weighted by molar-refractivity contribution is 8.01. The molecule has 0 saturated carbocycles. The third-order valence-corrected chi connectivity index (χ3v) is 9.32. The van der Waals surface area contributed by atoms with Crippen molar-refractivity contribution in [2.75, 3.05) is 36.4 Å². The number of hydrogen-bond acceptors (Lipinski definition) is 5. The van der Waals surface area contributed by atoms with Gasteiger partial charge < -0.3 is 10.2 Å². The lowest BCUT2D eigenvalue weighted by Gasteiger charge is -2.24. The second-order valence-electron chi connectivity index (χ2n) is 7.87. The molecular weight excluding hydrogens is 430 g/mol. The third-order valence-electron chi connectivity index (χ3n) is 5.96. The Morgan fingerprint density at radius 1 is 1.13 bits per heavy atom. The quantitative estimate of drug-likeness (QED) is 0.678. The molecule has 0 aliphatic carbocycles. The van der Waals surface area contributed by atoms with Crippen LogP contribution in [0.1, 0.15) is 32.3 Å². The summed E-state index contributed by atoms with van der Waals surface area (Å²) in [4.78, 5) is 16.7. The van der Waals surface area contributed by atoms with Crippen molar-refractivity contribution in [3.05, 3.63) is 48.0 Å². The predicted molar refractivity (Wildman–Crippen MR) is 126 cm³/mol. The molecule has 31 heavy (non-hydrogen) atoms. The van der Waals surface area contributed by atoms with Gasteiger partial charge in [-0.05, 0) is 49.1 Å². The lowest BCUT2D eigenvalue weighted by atomic mass is 10.1. The van der Waals surface area contributed by atoms with Gasteiger partial charge in [-0.2, -0.15) is 4.31 Å². The summed E-state index contributed by atoms with van der Waals surface area (Å²) in [5, 5.41) is 2.85. The molecule has 2 heterocycles. The molecule has 8 heteroatoms. The highest BCUT2D eigenvalue weighted by Gasteiger charge is 2.30. The van der Waals surface area contributed by atoms with Crippen LogP contribution < -0.4 is 10.2 Å². The lowest BCUT2D eigenvalue weighted by molar-refractivity contribution is -0.115. The van der Waals surface area contributed by atoms with Crippen molar-refractivity contribution in [2.24, 2.45) is 0 Å². The number of sulfonamides is 1. The number of rotatable bonds is 7. The number of thioether (sulfide) groups is 1. The number of amides is 1. The minimum absolute atomic E-state index is 0.0842. The molecule has 2 aromatic carbocycles. The van der Waals surface area contributed by atoms with Gasteiger partial charge in [0.25, 0.3) is 0 Å². The second-order valence-corrected chi connectivity index (χ2v) is 11.1. The first kappa shape index (κ1) is 22.2. The average Bonchev–Trinajstić information content (AvgIpc) is 3.44. The molecule has 2 aliphatic heterocycles. The molecule has 4 rings (SSSR count). The standard InChI is InChI=1S/C23H29N3O3S2/c1-3-26(4-2)31(28,29)18-11-12-20(25-13-7-8-14-25)19(16-18)24-23(27)22-15-17-9-5-6-10-21(17)30-22/h5-6,9-12,16,22H,3-4,7-8,13-15H2,1-2H3,(H,24,27)/t22-/m1/s1. The van der Waals surface area contributed by atoms with E-state index in [0.717, 1.165) is 36.5 Å². The van der Waals surface area contributed by atoms with E-state index in [1.165, 1.54) is 9.87 Å². The Labute approximate surface area is 189 Å². The molecule has 166 valence electrons. The zero-order valence-electron chi connectivity index (χ0n) is 18.0. The molecule has 0 unspecified atom stereocenters. The van der Waals surface area contributed by atoms with E-state index in [0.29, 0.717) is 25.2 Å². The molecule has 1 fully saturated rings. The molecule has 2 aromatic rings. The summed E-state index contributed by atoms with van der Waals surface area (Å²) >= 11 is 1.57. The van der Waals surface area contributed by atoms with Crippen LogP contribution in [0.2, 0.25) is 0 Å². The average molecular weight is 460 g/mol. The van der Waals surface area contributed by atoms with Gasteiger partial charge in [-0.25, -0.2) is 8.42 Å². The number of hydrogen-bond donors (Lipinski definition) is 1. The topological polar surface area (TPSA) is 69.7 Å². The number of anilines is 2. The third kappa shape index (κ3) is 4.47. The van der Waals surface area contributed by atoms with Crippen LogP contribution in [0.15, 0.2) is 52.3 Å². The first-order valence-electron chi connectivity index (χ1n) is 10.9. The van der Waals surface area contributed by atoms with E-state index in [-0.39, 0.29) is 16.1 Å². The molecule has 1 atom stereocenters. The maximum Gasteiger partial charge on any atom is 0.243 e. The molecule has 1 saturated heterocycles. The first-order valence-corrected chi connectivity index (χ1v) is 13.2. The fourth-order valence-electron chi connectivity index (χ4n) is 4.26. The highest BCUT2D eigenvalue weighted by Crippen LogP contribution is 2.38. The summed E-state index contributed by atoms with van der Waals surface area (Å²) in [6, 6.07) is 13.2. The van der Waals surface area contributed by atoms with E-state index in [1.54, 1.807) is 23.9 Å². The number of nitrogens with zero attached hydrogens (tertiary/aromatic N) is 2. The first-order chi connectivity index (χ1) is 14.9. The summed E-state index contributed by atoms with van der Waals surface area (Å²) in [6.07, 6.45) is 2.88. The van der Waals surface area contributed by atoms with Crippen molar-refractivity contribution in [1.82, 2.24) is 4.31 Å².